The van der Waals surface area contributed by atoms with Crippen LogP contribution in [-0.4, -0.2) is 11.1 Å². The average molecular weight is 290 g/mol. The van der Waals surface area contributed by atoms with Crippen LogP contribution in [0.25, 0.3) is 0 Å². The molecule has 0 saturated carbocycles. The van der Waals surface area contributed by atoms with E-state index in [4.69, 9.17) is 5.11 Å². The fourth-order valence-electron chi connectivity index (χ4n) is 1.84. The van der Waals surface area contributed by atoms with Crippen LogP contribution in [0.3, 0.4) is 0 Å². The molecule has 21 heavy (non-hydrogen) atoms. The van der Waals surface area contributed by atoms with Crippen molar-refractivity contribution in [3.63, 3.8) is 0 Å². The third kappa shape index (κ3) is 18.4. The van der Waals surface area contributed by atoms with Gasteiger partial charge in [-0.3, -0.25) is 4.79 Å². The van der Waals surface area contributed by atoms with E-state index >= 15 is 0 Å². The van der Waals surface area contributed by atoms with E-state index in [-0.39, 0.29) is 0 Å². The topological polar surface area (TPSA) is 37.3 Å². The van der Waals surface area contributed by atoms with E-state index in [1.165, 1.54) is 0 Å². The number of unbranched alkanes of at least 4 members (excludes halogenated alkanes) is 4. The van der Waals surface area contributed by atoms with Gasteiger partial charge in [-0.05, 0) is 38.5 Å². The molecule has 0 radical (unpaired) electrons. The second-order valence-corrected chi connectivity index (χ2v) is 5.03. The monoisotopic (exact) mass is 290 g/mol. The Balaban J connectivity index is 3.36. The van der Waals surface area contributed by atoms with Gasteiger partial charge in [-0.1, -0.05) is 68.4 Å². The summed E-state index contributed by atoms with van der Waals surface area (Å²) in [6.45, 7) is 2.14. The van der Waals surface area contributed by atoms with Crippen molar-refractivity contribution in [2.75, 3.05) is 0 Å². The summed E-state index contributed by atoms with van der Waals surface area (Å²) in [6.07, 6.45) is 25.9. The molecule has 0 unspecified atom stereocenters. The Kier molecular flexibility index (Phi) is 15.3. The molecule has 0 rings (SSSR count). The minimum absolute atomic E-state index is 0.306. The Bertz CT molecular complexity index is 349. The molecule has 0 aromatic carbocycles. The van der Waals surface area contributed by atoms with E-state index in [1.807, 2.05) is 0 Å². The molecule has 0 heterocycles. The summed E-state index contributed by atoms with van der Waals surface area (Å²) in [6, 6.07) is 0. The first-order valence-corrected chi connectivity index (χ1v) is 8.10. The summed E-state index contributed by atoms with van der Waals surface area (Å²) in [7, 11) is 0. The Hall–Kier alpha value is -1.57. The summed E-state index contributed by atoms with van der Waals surface area (Å²) in [4.78, 5) is 10.3. The molecule has 0 saturated heterocycles. The molecule has 0 aromatic heterocycles. The highest BCUT2D eigenvalue weighted by molar-refractivity contribution is 5.66. The van der Waals surface area contributed by atoms with E-state index in [0.717, 1.165) is 51.4 Å². The van der Waals surface area contributed by atoms with E-state index < -0.39 is 5.97 Å². The van der Waals surface area contributed by atoms with Crippen molar-refractivity contribution in [3.05, 3.63) is 48.6 Å². The van der Waals surface area contributed by atoms with Gasteiger partial charge in [-0.25, -0.2) is 0 Å². The van der Waals surface area contributed by atoms with Crippen LogP contribution in [0.5, 0.6) is 0 Å². The van der Waals surface area contributed by atoms with Gasteiger partial charge in [0.1, 0.15) is 0 Å². The van der Waals surface area contributed by atoms with Crippen molar-refractivity contribution in [2.24, 2.45) is 0 Å². The van der Waals surface area contributed by atoms with Crippen LogP contribution < -0.4 is 0 Å². The number of carboxylic acids is 1. The first-order valence-electron chi connectivity index (χ1n) is 8.10. The Morgan fingerprint density at radius 2 is 1.43 bits per heavy atom. The minimum Gasteiger partial charge on any atom is -0.481 e. The van der Waals surface area contributed by atoms with Gasteiger partial charge < -0.3 is 5.11 Å². The number of carbonyl (C=O) groups is 1. The largest absolute Gasteiger partial charge is 0.481 e. The number of rotatable bonds is 13. The number of hydrogen-bond donors (Lipinski definition) is 1. The highest BCUT2D eigenvalue weighted by atomic mass is 16.4. The van der Waals surface area contributed by atoms with Crippen molar-refractivity contribution < 1.29 is 9.90 Å². The van der Waals surface area contributed by atoms with Gasteiger partial charge in [-0.2, -0.15) is 0 Å². The predicted molar refractivity (Wildman–Crippen MR) is 91.4 cm³/mol. The van der Waals surface area contributed by atoms with Crippen molar-refractivity contribution in [3.8, 4) is 0 Å². The van der Waals surface area contributed by atoms with Gasteiger partial charge in [0.25, 0.3) is 0 Å². The van der Waals surface area contributed by atoms with Crippen LogP contribution in [0.4, 0.5) is 0 Å². The highest BCUT2D eigenvalue weighted by Crippen LogP contribution is 2.05. The van der Waals surface area contributed by atoms with E-state index in [0.29, 0.717) is 6.42 Å². The van der Waals surface area contributed by atoms with Crippen LogP contribution in [-0.2, 0) is 4.79 Å². The smallest absolute Gasteiger partial charge is 0.303 e. The summed E-state index contributed by atoms with van der Waals surface area (Å²) in [5.74, 6) is -0.685. The molecule has 0 amide bonds. The minimum atomic E-state index is -0.685. The molecule has 2 nitrogen and oxygen atoms in total. The SMILES string of the molecule is CC/C=C/C/C=C/C/C=C/C=C/CCCCCCC(=O)O. The molecule has 0 aliphatic carbocycles. The van der Waals surface area contributed by atoms with Gasteiger partial charge >= 0.3 is 5.97 Å². The Morgan fingerprint density at radius 3 is 2.14 bits per heavy atom. The maximum Gasteiger partial charge on any atom is 0.303 e. The zero-order valence-electron chi connectivity index (χ0n) is 13.3. The van der Waals surface area contributed by atoms with Crippen molar-refractivity contribution in [1.82, 2.24) is 0 Å². The molecule has 0 bridgehead atoms. The number of hydrogen-bond acceptors (Lipinski definition) is 1. The lowest BCUT2D eigenvalue weighted by Gasteiger charge is -1.96. The van der Waals surface area contributed by atoms with Crippen LogP contribution in [0.2, 0.25) is 0 Å². The van der Waals surface area contributed by atoms with Crippen molar-refractivity contribution in [1.29, 1.82) is 0 Å². The molecule has 0 aliphatic rings. The van der Waals surface area contributed by atoms with E-state index in [2.05, 4.69) is 55.5 Å². The zero-order chi connectivity index (χ0) is 15.6. The molecular weight excluding hydrogens is 260 g/mol. The second-order valence-electron chi connectivity index (χ2n) is 5.03. The van der Waals surface area contributed by atoms with Crippen molar-refractivity contribution >= 4 is 5.97 Å². The number of allylic oxidation sites excluding steroid dienone is 8. The molecule has 2 heteroatoms. The summed E-state index contributed by atoms with van der Waals surface area (Å²) in [5.41, 5.74) is 0. The zero-order valence-corrected chi connectivity index (χ0v) is 13.3. The summed E-state index contributed by atoms with van der Waals surface area (Å²) < 4.78 is 0. The number of aliphatic carboxylic acids is 1. The first-order chi connectivity index (χ1) is 10.3. The number of carboxylic acid groups (broad SMARTS) is 1. The van der Waals surface area contributed by atoms with Gasteiger partial charge in [0.05, 0.1) is 0 Å². The Labute approximate surface area is 130 Å². The van der Waals surface area contributed by atoms with Crippen LogP contribution in [0, 0.1) is 0 Å². The van der Waals surface area contributed by atoms with E-state index in [1.54, 1.807) is 0 Å². The standard InChI is InChI=1S/C19H30O2/c1-2-3-4-5-6-7-8-9-10-11-12-13-14-15-16-17-18-19(20)21/h3-4,6-7,9-12H,2,5,8,13-18H2,1H3,(H,20,21)/b4-3+,7-6+,10-9+,12-11+. The van der Waals surface area contributed by atoms with Gasteiger partial charge in [-0.15, -0.1) is 0 Å². The van der Waals surface area contributed by atoms with Gasteiger partial charge in [0, 0.05) is 6.42 Å². The lowest BCUT2D eigenvalue weighted by molar-refractivity contribution is -0.137. The second kappa shape index (κ2) is 16.5. The van der Waals surface area contributed by atoms with Crippen LogP contribution >= 0.6 is 0 Å². The average Bonchev–Trinajstić information content (AvgIpc) is 2.46. The third-order valence-electron chi connectivity index (χ3n) is 3.01. The highest BCUT2D eigenvalue weighted by Gasteiger charge is 1.95. The van der Waals surface area contributed by atoms with Crippen LogP contribution in [0.1, 0.15) is 64.7 Å². The predicted octanol–water partition coefficient (Wildman–Crippen LogP) is 5.83. The molecule has 0 spiro atoms. The molecule has 0 aliphatic heterocycles. The summed E-state index contributed by atoms with van der Waals surface area (Å²) >= 11 is 0. The first kappa shape index (κ1) is 19.4. The lowest BCUT2D eigenvalue weighted by atomic mass is 10.1. The molecule has 0 fully saturated rings. The quantitative estimate of drug-likeness (QED) is 0.263. The van der Waals surface area contributed by atoms with E-state index in [9.17, 15) is 4.79 Å². The molecule has 0 atom stereocenters. The molecule has 118 valence electrons. The Morgan fingerprint density at radius 1 is 0.810 bits per heavy atom. The normalized spacial score (nSPS) is 12.4. The molecular formula is C19H30O2. The maximum atomic E-state index is 10.3. The lowest BCUT2D eigenvalue weighted by Crippen LogP contribution is -1.93. The molecule has 0 aromatic rings. The van der Waals surface area contributed by atoms with Gasteiger partial charge in [0.2, 0.25) is 0 Å². The van der Waals surface area contributed by atoms with Crippen LogP contribution in [0.15, 0.2) is 48.6 Å². The maximum absolute atomic E-state index is 10.3. The fraction of sp³-hybridized carbons (Fsp3) is 0.526. The van der Waals surface area contributed by atoms with Crippen molar-refractivity contribution in [2.45, 2.75) is 64.7 Å². The molecule has 1 N–H and O–H groups in total. The van der Waals surface area contributed by atoms with Gasteiger partial charge in [0.15, 0.2) is 0 Å². The third-order valence-corrected chi connectivity index (χ3v) is 3.01. The summed E-state index contributed by atoms with van der Waals surface area (Å²) in [5, 5.41) is 8.50. The fourth-order valence-corrected chi connectivity index (χ4v) is 1.84.